The molecule has 2 fully saturated rings. The van der Waals surface area contributed by atoms with E-state index in [1.807, 2.05) is 0 Å². The zero-order chi connectivity index (χ0) is 8.01. The molecule has 0 spiro atoms. The van der Waals surface area contributed by atoms with Crippen LogP contribution in [0.2, 0.25) is 0 Å². The van der Waals surface area contributed by atoms with Crippen molar-refractivity contribution in [2.24, 2.45) is 11.8 Å². The Balaban J connectivity index is 1.86. The normalized spacial score (nSPS) is 43.1. The number of piperidine rings is 1. The molecule has 2 nitrogen and oxygen atoms in total. The van der Waals surface area contributed by atoms with Crippen molar-refractivity contribution in [1.82, 2.24) is 9.80 Å². The predicted octanol–water partition coefficient (Wildman–Crippen LogP) is 0.498. The van der Waals surface area contributed by atoms with Crippen molar-refractivity contribution >= 4 is 0 Å². The molecule has 3 atom stereocenters. The van der Waals surface area contributed by atoms with Gasteiger partial charge in [0.05, 0.1) is 0 Å². The molecule has 2 heteroatoms. The van der Waals surface area contributed by atoms with Crippen LogP contribution in [-0.2, 0) is 0 Å². The Bertz CT molecular complexity index is 144. The summed E-state index contributed by atoms with van der Waals surface area (Å²) in [6.45, 7) is 6.20. The highest BCUT2D eigenvalue weighted by molar-refractivity contribution is 5.09. The Labute approximate surface area is 69.2 Å². The topological polar surface area (TPSA) is 6.48 Å². The van der Waals surface area contributed by atoms with E-state index in [1.165, 1.54) is 19.6 Å². The summed E-state index contributed by atoms with van der Waals surface area (Å²) in [4.78, 5) is 4.96. The maximum Gasteiger partial charge on any atom is 0.0177 e. The van der Waals surface area contributed by atoms with Gasteiger partial charge in [-0.25, -0.2) is 0 Å². The van der Waals surface area contributed by atoms with E-state index in [0.29, 0.717) is 0 Å². The molecule has 1 saturated carbocycles. The van der Waals surface area contributed by atoms with Crippen molar-refractivity contribution in [1.29, 1.82) is 0 Å². The van der Waals surface area contributed by atoms with E-state index in [2.05, 4.69) is 30.8 Å². The van der Waals surface area contributed by atoms with Gasteiger partial charge in [0, 0.05) is 19.1 Å². The number of hydrogen-bond donors (Lipinski definition) is 0. The molecule has 0 aromatic carbocycles. The van der Waals surface area contributed by atoms with Crippen LogP contribution in [0.1, 0.15) is 6.92 Å². The van der Waals surface area contributed by atoms with Crippen LogP contribution in [0, 0.1) is 11.8 Å². The molecule has 1 unspecified atom stereocenters. The summed E-state index contributed by atoms with van der Waals surface area (Å²) in [6, 6.07) is 0.915. The lowest BCUT2D eigenvalue weighted by Gasteiger charge is -2.19. The molecule has 11 heavy (non-hydrogen) atoms. The van der Waals surface area contributed by atoms with Gasteiger partial charge in [0.2, 0.25) is 0 Å². The Morgan fingerprint density at radius 1 is 1.27 bits per heavy atom. The molecule has 0 radical (unpaired) electrons. The van der Waals surface area contributed by atoms with Gasteiger partial charge in [0.1, 0.15) is 0 Å². The molecule has 2 rings (SSSR count). The second-order valence-electron chi connectivity index (χ2n) is 4.13. The Kier molecular flexibility index (Phi) is 1.69. The summed E-state index contributed by atoms with van der Waals surface area (Å²) in [5.41, 5.74) is 0. The zero-order valence-electron chi connectivity index (χ0n) is 7.75. The quantitative estimate of drug-likeness (QED) is 0.571. The summed E-state index contributed by atoms with van der Waals surface area (Å²) >= 11 is 0. The predicted molar refractivity (Wildman–Crippen MR) is 46.6 cm³/mol. The van der Waals surface area contributed by atoms with Crippen LogP contribution in [-0.4, -0.2) is 49.6 Å². The molecule has 0 N–H and O–H groups in total. The minimum absolute atomic E-state index is 0.915. The van der Waals surface area contributed by atoms with E-state index < -0.39 is 0 Å². The van der Waals surface area contributed by atoms with E-state index in [9.17, 15) is 0 Å². The maximum atomic E-state index is 2.56. The van der Waals surface area contributed by atoms with Crippen LogP contribution in [0.4, 0.5) is 0 Å². The molecule has 0 aromatic rings. The van der Waals surface area contributed by atoms with E-state index in [1.54, 1.807) is 0 Å². The van der Waals surface area contributed by atoms with Gasteiger partial charge in [-0.05, 0) is 32.5 Å². The van der Waals surface area contributed by atoms with Crippen LogP contribution < -0.4 is 0 Å². The van der Waals surface area contributed by atoms with Crippen LogP contribution >= 0.6 is 0 Å². The van der Waals surface area contributed by atoms with Gasteiger partial charge in [-0.3, -0.25) is 0 Å². The van der Waals surface area contributed by atoms with Gasteiger partial charge in [-0.2, -0.15) is 0 Å². The van der Waals surface area contributed by atoms with Crippen LogP contribution in [0.25, 0.3) is 0 Å². The van der Waals surface area contributed by atoms with Crippen molar-refractivity contribution in [3.63, 3.8) is 0 Å². The average Bonchev–Trinajstić information content (AvgIpc) is 2.48. The average molecular weight is 154 g/mol. The van der Waals surface area contributed by atoms with Gasteiger partial charge in [0.15, 0.2) is 0 Å². The molecule has 64 valence electrons. The first-order valence-electron chi connectivity index (χ1n) is 4.62. The van der Waals surface area contributed by atoms with Gasteiger partial charge >= 0.3 is 0 Å². The number of fused-ring (bicyclic) bond motifs is 1. The number of likely N-dealkylation sites (tertiary alicyclic amines) is 1. The number of rotatable bonds is 2. The minimum atomic E-state index is 0.915. The number of hydrogen-bond acceptors (Lipinski definition) is 2. The van der Waals surface area contributed by atoms with Gasteiger partial charge in [-0.15, -0.1) is 0 Å². The summed E-state index contributed by atoms with van der Waals surface area (Å²) in [7, 11) is 4.42. The standard InChI is InChI=1S/C9H18N2/c1-4-11-5-7-8(6-11)9(7)10(2)3/h7-9H,4-6H2,1-3H3/t7-,8+,9?. The van der Waals surface area contributed by atoms with Crippen molar-refractivity contribution in [3.05, 3.63) is 0 Å². The van der Waals surface area contributed by atoms with E-state index in [4.69, 9.17) is 0 Å². The highest BCUT2D eigenvalue weighted by atomic mass is 15.3. The molecule has 2 aliphatic rings. The lowest BCUT2D eigenvalue weighted by Crippen LogP contribution is -2.30. The summed E-state index contributed by atoms with van der Waals surface area (Å²) < 4.78 is 0. The number of nitrogens with zero attached hydrogens (tertiary/aromatic N) is 2. The SMILES string of the molecule is CCN1C[C@@H]2C(N(C)C)[C@@H]2C1. The fourth-order valence-corrected chi connectivity index (χ4v) is 2.61. The molecule has 0 aromatic heterocycles. The lowest BCUT2D eigenvalue weighted by molar-refractivity contribution is 0.258. The molecule has 1 heterocycles. The molecular weight excluding hydrogens is 136 g/mol. The smallest absolute Gasteiger partial charge is 0.0177 e. The van der Waals surface area contributed by atoms with Crippen LogP contribution in [0.3, 0.4) is 0 Å². The molecular formula is C9H18N2. The minimum Gasteiger partial charge on any atom is -0.306 e. The van der Waals surface area contributed by atoms with E-state index in [0.717, 1.165) is 17.9 Å². The highest BCUT2D eigenvalue weighted by Gasteiger charge is 2.56. The molecule has 1 aliphatic heterocycles. The van der Waals surface area contributed by atoms with Crippen molar-refractivity contribution in [3.8, 4) is 0 Å². The lowest BCUT2D eigenvalue weighted by atomic mass is 10.3. The summed E-state index contributed by atoms with van der Waals surface area (Å²) in [6.07, 6.45) is 0. The molecule has 1 saturated heterocycles. The monoisotopic (exact) mass is 154 g/mol. The van der Waals surface area contributed by atoms with Crippen LogP contribution in [0.5, 0.6) is 0 Å². The third kappa shape index (κ3) is 1.09. The maximum absolute atomic E-state index is 2.56. The first-order chi connectivity index (χ1) is 5.24. The van der Waals surface area contributed by atoms with Crippen molar-refractivity contribution in [2.75, 3.05) is 33.7 Å². The van der Waals surface area contributed by atoms with Gasteiger partial charge in [-0.1, -0.05) is 6.92 Å². The largest absolute Gasteiger partial charge is 0.306 e. The second-order valence-corrected chi connectivity index (χ2v) is 4.13. The Morgan fingerprint density at radius 2 is 1.82 bits per heavy atom. The van der Waals surface area contributed by atoms with Crippen LogP contribution in [0.15, 0.2) is 0 Å². The third-order valence-electron chi connectivity index (χ3n) is 3.27. The first-order valence-corrected chi connectivity index (χ1v) is 4.62. The fraction of sp³-hybridized carbons (Fsp3) is 1.00. The van der Waals surface area contributed by atoms with E-state index in [-0.39, 0.29) is 0 Å². The second kappa shape index (κ2) is 2.46. The Hall–Kier alpha value is -0.0800. The molecule has 1 aliphatic carbocycles. The van der Waals surface area contributed by atoms with E-state index >= 15 is 0 Å². The third-order valence-corrected chi connectivity index (χ3v) is 3.27. The van der Waals surface area contributed by atoms with Gasteiger partial charge < -0.3 is 9.80 Å². The van der Waals surface area contributed by atoms with Gasteiger partial charge in [0.25, 0.3) is 0 Å². The fourth-order valence-electron chi connectivity index (χ4n) is 2.61. The first kappa shape index (κ1) is 7.56. The molecule has 0 bridgehead atoms. The summed E-state index contributed by atoms with van der Waals surface area (Å²) in [5.74, 6) is 2.01. The Morgan fingerprint density at radius 3 is 2.18 bits per heavy atom. The van der Waals surface area contributed by atoms with Crippen molar-refractivity contribution < 1.29 is 0 Å². The highest BCUT2D eigenvalue weighted by Crippen LogP contribution is 2.47. The summed E-state index contributed by atoms with van der Waals surface area (Å²) in [5, 5.41) is 0. The molecule has 0 amide bonds. The van der Waals surface area contributed by atoms with Crippen molar-refractivity contribution in [2.45, 2.75) is 13.0 Å². The zero-order valence-corrected chi connectivity index (χ0v) is 7.75.